The van der Waals surface area contributed by atoms with Crippen molar-refractivity contribution in [1.82, 2.24) is 4.98 Å². The van der Waals surface area contributed by atoms with Crippen molar-refractivity contribution < 1.29 is 13.2 Å². The van der Waals surface area contributed by atoms with E-state index in [-0.39, 0.29) is 10.7 Å². The van der Waals surface area contributed by atoms with Crippen LogP contribution < -0.4 is 4.72 Å². The number of sulfonamides is 1. The average molecular weight is 403 g/mol. The van der Waals surface area contributed by atoms with Gasteiger partial charge >= 0.3 is 0 Å². The minimum absolute atomic E-state index is 0.118. The number of halogens is 1. The summed E-state index contributed by atoms with van der Waals surface area (Å²) in [5.41, 5.74) is 4.11. The summed E-state index contributed by atoms with van der Waals surface area (Å²) in [6, 6.07) is 8.41. The summed E-state index contributed by atoms with van der Waals surface area (Å²) in [5, 5.41) is 1.35. The quantitative estimate of drug-likeness (QED) is 0.663. The van der Waals surface area contributed by atoms with Gasteiger partial charge in [-0.05, 0) is 68.1 Å². The molecule has 0 unspecified atom stereocenters. The zero-order valence-corrected chi connectivity index (χ0v) is 16.6. The number of ketones is 1. The summed E-state index contributed by atoms with van der Waals surface area (Å²) >= 11 is 5.95. The first kappa shape index (κ1) is 18.1. The monoisotopic (exact) mass is 402 g/mol. The van der Waals surface area contributed by atoms with Crippen molar-refractivity contribution in [1.29, 1.82) is 0 Å². The van der Waals surface area contributed by atoms with Crippen LogP contribution in [0.5, 0.6) is 0 Å². The van der Waals surface area contributed by atoms with E-state index in [2.05, 4.69) is 9.71 Å². The van der Waals surface area contributed by atoms with E-state index in [0.717, 1.165) is 29.5 Å². The van der Waals surface area contributed by atoms with Crippen molar-refractivity contribution in [2.45, 2.75) is 38.0 Å². The van der Waals surface area contributed by atoms with Crippen molar-refractivity contribution in [3.63, 3.8) is 0 Å². The Kier molecular flexibility index (Phi) is 4.28. The van der Waals surface area contributed by atoms with E-state index in [1.807, 2.05) is 0 Å². The van der Waals surface area contributed by atoms with Crippen LogP contribution in [0, 0.1) is 13.8 Å². The molecule has 1 aromatic heterocycles. The van der Waals surface area contributed by atoms with E-state index < -0.39 is 10.0 Å². The fraction of sp³-hybridized carbons (Fsp3) is 0.250. The lowest BCUT2D eigenvalue weighted by molar-refractivity contribution is 0.0974. The number of aromatic amines is 1. The molecule has 0 spiro atoms. The molecule has 140 valence electrons. The standard InChI is InChI=1S/C20H19ClN2O3S/c1-11-8-13(21)6-7-15(11)23-27(25,26)19-10-17-14(9-12(19)2)20-16(22-17)4-3-5-18(20)24/h6-10,22-23H,3-5H2,1-2H3. The third-order valence-electron chi connectivity index (χ3n) is 5.00. The fourth-order valence-corrected chi connectivity index (χ4v) is 5.28. The molecule has 0 radical (unpaired) electrons. The number of carbonyl (C=O) groups is 1. The highest BCUT2D eigenvalue weighted by Crippen LogP contribution is 2.33. The number of benzene rings is 2. The van der Waals surface area contributed by atoms with Gasteiger partial charge in [0.1, 0.15) is 0 Å². The van der Waals surface area contributed by atoms with Crippen molar-refractivity contribution >= 4 is 44.0 Å². The van der Waals surface area contributed by atoms with Crippen molar-refractivity contribution in [3.8, 4) is 0 Å². The number of hydrogen-bond donors (Lipinski definition) is 2. The first-order valence-corrected chi connectivity index (χ1v) is 10.6. The van der Waals surface area contributed by atoms with Crippen LogP contribution in [0.15, 0.2) is 35.2 Å². The zero-order chi connectivity index (χ0) is 19.3. The van der Waals surface area contributed by atoms with Gasteiger partial charge in [-0.2, -0.15) is 0 Å². The van der Waals surface area contributed by atoms with Crippen molar-refractivity contribution in [2.75, 3.05) is 4.72 Å². The topological polar surface area (TPSA) is 79.0 Å². The number of aromatic nitrogens is 1. The highest BCUT2D eigenvalue weighted by atomic mass is 35.5. The molecule has 0 bridgehead atoms. The number of fused-ring (bicyclic) bond motifs is 3. The van der Waals surface area contributed by atoms with E-state index in [4.69, 9.17) is 11.6 Å². The molecule has 0 saturated heterocycles. The summed E-state index contributed by atoms with van der Waals surface area (Å²) in [7, 11) is -3.78. The summed E-state index contributed by atoms with van der Waals surface area (Å²) in [6.07, 6.45) is 2.16. The van der Waals surface area contributed by atoms with Gasteiger partial charge in [0.15, 0.2) is 5.78 Å². The maximum absolute atomic E-state index is 13.0. The zero-order valence-electron chi connectivity index (χ0n) is 15.0. The number of carbonyl (C=O) groups excluding carboxylic acids is 1. The number of aryl methyl sites for hydroxylation is 3. The molecule has 1 heterocycles. The van der Waals surface area contributed by atoms with Crippen molar-refractivity contribution in [3.05, 3.63) is 57.7 Å². The van der Waals surface area contributed by atoms with Gasteiger partial charge in [-0.3, -0.25) is 9.52 Å². The minimum atomic E-state index is -3.78. The second-order valence-electron chi connectivity index (χ2n) is 6.98. The van der Waals surface area contributed by atoms with Crippen LogP contribution in [-0.2, 0) is 16.4 Å². The lowest BCUT2D eigenvalue weighted by atomic mass is 9.94. The van der Waals surface area contributed by atoms with Gasteiger partial charge < -0.3 is 4.98 Å². The highest BCUT2D eigenvalue weighted by Gasteiger charge is 2.25. The Morgan fingerprint density at radius 2 is 1.85 bits per heavy atom. The lowest BCUT2D eigenvalue weighted by Crippen LogP contribution is -2.15. The Morgan fingerprint density at radius 1 is 1.07 bits per heavy atom. The molecular weight excluding hydrogens is 384 g/mol. The smallest absolute Gasteiger partial charge is 0.262 e. The Labute approximate surface area is 162 Å². The van der Waals surface area contributed by atoms with Gasteiger partial charge in [0, 0.05) is 33.6 Å². The third-order valence-corrected chi connectivity index (χ3v) is 6.75. The molecule has 0 aliphatic heterocycles. The normalized spacial score (nSPS) is 14.4. The summed E-state index contributed by atoms with van der Waals surface area (Å²) < 4.78 is 28.6. The Balaban J connectivity index is 1.81. The van der Waals surface area contributed by atoms with E-state index in [0.29, 0.717) is 33.8 Å². The molecular formula is C20H19ClN2O3S. The minimum Gasteiger partial charge on any atom is -0.358 e. The maximum Gasteiger partial charge on any atom is 0.262 e. The molecule has 2 aromatic carbocycles. The SMILES string of the molecule is Cc1cc(Cl)ccc1NS(=O)(=O)c1cc2[nH]c3c(c2cc1C)C(=O)CCC3. The van der Waals surface area contributed by atoms with Gasteiger partial charge in [-0.1, -0.05) is 11.6 Å². The number of nitrogens with one attached hydrogen (secondary N) is 2. The van der Waals surface area contributed by atoms with E-state index in [9.17, 15) is 13.2 Å². The summed E-state index contributed by atoms with van der Waals surface area (Å²) in [6.45, 7) is 3.54. The molecule has 4 rings (SSSR count). The first-order valence-electron chi connectivity index (χ1n) is 8.73. The number of rotatable bonds is 3. The molecule has 0 fully saturated rings. The summed E-state index contributed by atoms with van der Waals surface area (Å²) in [4.78, 5) is 15.7. The number of Topliss-reactive ketones (excluding diaryl/α,β-unsaturated/α-hetero) is 1. The van der Waals surface area contributed by atoms with Gasteiger partial charge in [0.05, 0.1) is 10.6 Å². The molecule has 0 amide bonds. The van der Waals surface area contributed by atoms with Crippen LogP contribution in [0.3, 0.4) is 0 Å². The number of hydrogen-bond acceptors (Lipinski definition) is 3. The molecule has 3 aromatic rings. The Morgan fingerprint density at radius 3 is 2.59 bits per heavy atom. The summed E-state index contributed by atoms with van der Waals surface area (Å²) in [5.74, 6) is 0.118. The molecule has 0 atom stereocenters. The Bertz CT molecular complexity index is 1200. The maximum atomic E-state index is 13.0. The molecule has 0 saturated carbocycles. The second-order valence-corrected chi connectivity index (χ2v) is 9.07. The van der Waals surface area contributed by atoms with Gasteiger partial charge in [-0.15, -0.1) is 0 Å². The van der Waals surface area contributed by atoms with Crippen LogP contribution in [-0.4, -0.2) is 19.2 Å². The molecule has 5 nitrogen and oxygen atoms in total. The Hall–Kier alpha value is -2.31. The molecule has 1 aliphatic carbocycles. The van der Waals surface area contributed by atoms with Gasteiger partial charge in [0.25, 0.3) is 10.0 Å². The van der Waals surface area contributed by atoms with Gasteiger partial charge in [0.2, 0.25) is 0 Å². The van der Waals surface area contributed by atoms with Crippen LogP contribution >= 0.6 is 11.6 Å². The van der Waals surface area contributed by atoms with Crippen LogP contribution in [0.4, 0.5) is 5.69 Å². The largest absolute Gasteiger partial charge is 0.358 e. The van der Waals surface area contributed by atoms with E-state index in [1.165, 1.54) is 0 Å². The van der Waals surface area contributed by atoms with Crippen LogP contribution in [0.25, 0.3) is 10.9 Å². The predicted octanol–water partition coefficient (Wildman–Crippen LogP) is 4.76. The molecule has 2 N–H and O–H groups in total. The first-order chi connectivity index (χ1) is 12.8. The predicted molar refractivity (Wildman–Crippen MR) is 107 cm³/mol. The van der Waals surface area contributed by atoms with E-state index >= 15 is 0 Å². The van der Waals surface area contributed by atoms with Gasteiger partial charge in [-0.25, -0.2) is 8.42 Å². The average Bonchev–Trinajstić information content (AvgIpc) is 2.95. The molecule has 1 aliphatic rings. The fourth-order valence-electron chi connectivity index (χ4n) is 3.67. The highest BCUT2D eigenvalue weighted by molar-refractivity contribution is 7.92. The van der Waals surface area contributed by atoms with Crippen LogP contribution in [0.2, 0.25) is 5.02 Å². The van der Waals surface area contributed by atoms with Crippen molar-refractivity contribution in [2.24, 2.45) is 0 Å². The number of H-pyrrole nitrogens is 1. The second kappa shape index (κ2) is 6.39. The molecule has 7 heteroatoms. The number of anilines is 1. The van der Waals surface area contributed by atoms with E-state index in [1.54, 1.807) is 44.2 Å². The van der Waals surface area contributed by atoms with Crippen LogP contribution in [0.1, 0.15) is 40.0 Å². The third kappa shape index (κ3) is 3.13. The lowest BCUT2D eigenvalue weighted by Gasteiger charge is -2.13. The molecule has 27 heavy (non-hydrogen) atoms.